The number of ether oxygens (including phenoxy) is 1. The number of morpholine rings is 1. The van der Waals surface area contributed by atoms with Crippen molar-refractivity contribution in [1.29, 1.82) is 0 Å². The normalized spacial score (nSPS) is 16.4. The lowest BCUT2D eigenvalue weighted by Gasteiger charge is -2.36. The van der Waals surface area contributed by atoms with Gasteiger partial charge in [0.05, 0.1) is 30.4 Å². The van der Waals surface area contributed by atoms with E-state index < -0.39 is 0 Å². The zero-order chi connectivity index (χ0) is 20.1. The molecule has 1 aliphatic rings. The molecule has 1 amide bonds. The largest absolute Gasteiger partial charge is 0.379 e. The average Bonchev–Trinajstić information content (AvgIpc) is 2.69. The van der Waals surface area contributed by atoms with E-state index in [9.17, 15) is 9.59 Å². The summed E-state index contributed by atoms with van der Waals surface area (Å²) in [7, 11) is 0. The minimum Gasteiger partial charge on any atom is -0.379 e. The average molecular weight is 386 g/mol. The SMILES string of the molecule is Cc1cccc2c(=O)n(CCC(=O)NCC(C(C)C)N3CCOCC3)cnc12. The Morgan fingerprint density at radius 2 is 2.04 bits per heavy atom. The molecular formula is C21H30N4O3. The molecule has 1 unspecified atom stereocenters. The molecule has 2 aromatic rings. The summed E-state index contributed by atoms with van der Waals surface area (Å²) >= 11 is 0. The Kier molecular flexibility index (Phi) is 6.80. The van der Waals surface area contributed by atoms with E-state index in [-0.39, 0.29) is 17.9 Å². The van der Waals surface area contributed by atoms with Gasteiger partial charge in [-0.05, 0) is 24.5 Å². The van der Waals surface area contributed by atoms with E-state index in [1.165, 1.54) is 10.9 Å². The number of para-hydroxylation sites is 1. The summed E-state index contributed by atoms with van der Waals surface area (Å²) in [6.45, 7) is 10.5. The predicted molar refractivity (Wildman–Crippen MR) is 109 cm³/mol. The number of benzene rings is 1. The molecular weight excluding hydrogens is 356 g/mol. The van der Waals surface area contributed by atoms with E-state index in [1.807, 2.05) is 19.1 Å². The standard InChI is InChI=1S/C21H30N4O3/c1-15(2)18(24-9-11-28-12-10-24)13-22-19(26)7-8-25-14-23-20-16(3)5-4-6-17(20)21(25)27/h4-6,14-15,18H,7-13H2,1-3H3,(H,22,26). The van der Waals surface area contributed by atoms with Crippen LogP contribution in [0.5, 0.6) is 0 Å². The summed E-state index contributed by atoms with van der Waals surface area (Å²) in [5, 5.41) is 3.63. The number of nitrogens with one attached hydrogen (secondary N) is 1. The van der Waals surface area contributed by atoms with Gasteiger partial charge in [-0.2, -0.15) is 0 Å². The van der Waals surface area contributed by atoms with Crippen LogP contribution in [-0.2, 0) is 16.1 Å². The fourth-order valence-corrected chi connectivity index (χ4v) is 3.72. The fraction of sp³-hybridized carbons (Fsp3) is 0.571. The maximum atomic E-state index is 12.6. The van der Waals surface area contributed by atoms with E-state index in [4.69, 9.17) is 4.74 Å². The number of nitrogens with zero attached hydrogens (tertiary/aromatic N) is 3. The van der Waals surface area contributed by atoms with Crippen molar-refractivity contribution < 1.29 is 9.53 Å². The van der Waals surface area contributed by atoms with Crippen LogP contribution in [-0.4, -0.2) is 59.2 Å². The Bertz CT molecular complexity index is 872. The third-order valence-electron chi connectivity index (χ3n) is 5.43. The van der Waals surface area contributed by atoms with Crippen LogP contribution in [0.1, 0.15) is 25.8 Å². The van der Waals surface area contributed by atoms with Crippen LogP contribution in [0.4, 0.5) is 0 Å². The molecule has 1 fully saturated rings. The number of carbonyl (C=O) groups is 1. The van der Waals surface area contributed by atoms with Gasteiger partial charge in [0.1, 0.15) is 0 Å². The van der Waals surface area contributed by atoms with Crippen molar-refractivity contribution >= 4 is 16.8 Å². The third kappa shape index (κ3) is 4.77. The Morgan fingerprint density at radius 3 is 2.75 bits per heavy atom. The lowest BCUT2D eigenvalue weighted by Crippen LogP contribution is -2.51. The Balaban J connectivity index is 1.57. The molecule has 152 valence electrons. The third-order valence-corrected chi connectivity index (χ3v) is 5.43. The van der Waals surface area contributed by atoms with Gasteiger partial charge >= 0.3 is 0 Å². The number of aromatic nitrogens is 2. The number of hydrogen-bond donors (Lipinski definition) is 1. The first-order chi connectivity index (χ1) is 13.5. The first kappa shape index (κ1) is 20.5. The Hall–Kier alpha value is -2.25. The fourth-order valence-electron chi connectivity index (χ4n) is 3.72. The van der Waals surface area contributed by atoms with Crippen LogP contribution in [0.3, 0.4) is 0 Å². The van der Waals surface area contributed by atoms with E-state index in [0.717, 1.165) is 37.4 Å². The summed E-state index contributed by atoms with van der Waals surface area (Å²) in [6.07, 6.45) is 1.79. The van der Waals surface area contributed by atoms with Gasteiger partial charge in [-0.25, -0.2) is 4.98 Å². The molecule has 0 spiro atoms. The monoisotopic (exact) mass is 386 g/mol. The second kappa shape index (κ2) is 9.30. The molecule has 7 heteroatoms. The molecule has 1 aliphatic heterocycles. The van der Waals surface area contributed by atoms with Crippen LogP contribution >= 0.6 is 0 Å². The first-order valence-corrected chi connectivity index (χ1v) is 10.0. The summed E-state index contributed by atoms with van der Waals surface area (Å²) in [6, 6.07) is 5.87. The van der Waals surface area contributed by atoms with Gasteiger partial charge in [-0.15, -0.1) is 0 Å². The molecule has 7 nitrogen and oxygen atoms in total. The minimum absolute atomic E-state index is 0.0462. The van der Waals surface area contributed by atoms with Crippen molar-refractivity contribution in [3.63, 3.8) is 0 Å². The molecule has 0 radical (unpaired) electrons. The highest BCUT2D eigenvalue weighted by atomic mass is 16.5. The highest BCUT2D eigenvalue weighted by Gasteiger charge is 2.24. The molecule has 1 saturated heterocycles. The summed E-state index contributed by atoms with van der Waals surface area (Å²) in [5.41, 5.74) is 1.59. The Labute approximate surface area is 165 Å². The van der Waals surface area contributed by atoms with Gasteiger partial charge in [0, 0.05) is 38.6 Å². The smallest absolute Gasteiger partial charge is 0.261 e. The van der Waals surface area contributed by atoms with Crippen LogP contribution in [0.25, 0.3) is 10.9 Å². The zero-order valence-corrected chi connectivity index (χ0v) is 17.0. The quantitative estimate of drug-likeness (QED) is 0.782. The summed E-state index contributed by atoms with van der Waals surface area (Å²) < 4.78 is 6.94. The second-order valence-corrected chi connectivity index (χ2v) is 7.73. The number of fused-ring (bicyclic) bond motifs is 1. The number of amides is 1. The van der Waals surface area contributed by atoms with E-state index >= 15 is 0 Å². The molecule has 0 saturated carbocycles. The lowest BCUT2D eigenvalue weighted by atomic mass is 10.0. The van der Waals surface area contributed by atoms with Crippen LogP contribution in [0, 0.1) is 12.8 Å². The predicted octanol–water partition coefficient (Wildman–Crippen LogP) is 1.57. The molecule has 1 aromatic heterocycles. The number of rotatable bonds is 7. The topological polar surface area (TPSA) is 76.5 Å². The molecule has 28 heavy (non-hydrogen) atoms. The number of hydrogen-bond acceptors (Lipinski definition) is 5. The highest BCUT2D eigenvalue weighted by molar-refractivity contribution is 5.80. The highest BCUT2D eigenvalue weighted by Crippen LogP contribution is 2.13. The van der Waals surface area contributed by atoms with Gasteiger partial charge in [0.15, 0.2) is 0 Å². The van der Waals surface area contributed by atoms with E-state index in [0.29, 0.717) is 30.4 Å². The summed E-state index contributed by atoms with van der Waals surface area (Å²) in [4.78, 5) is 31.8. The maximum absolute atomic E-state index is 12.6. The Morgan fingerprint density at radius 1 is 1.29 bits per heavy atom. The molecule has 0 aliphatic carbocycles. The van der Waals surface area contributed by atoms with Gasteiger partial charge in [0.2, 0.25) is 5.91 Å². The second-order valence-electron chi connectivity index (χ2n) is 7.73. The van der Waals surface area contributed by atoms with Crippen LogP contribution < -0.4 is 10.9 Å². The van der Waals surface area contributed by atoms with Crippen molar-refractivity contribution in [3.8, 4) is 0 Å². The molecule has 0 bridgehead atoms. The molecule has 1 N–H and O–H groups in total. The van der Waals surface area contributed by atoms with Crippen molar-refractivity contribution in [1.82, 2.24) is 19.8 Å². The van der Waals surface area contributed by atoms with Crippen LogP contribution in [0.2, 0.25) is 0 Å². The summed E-state index contributed by atoms with van der Waals surface area (Å²) in [5.74, 6) is 0.393. The molecule has 3 rings (SSSR count). The van der Waals surface area contributed by atoms with E-state index in [2.05, 4.69) is 29.0 Å². The van der Waals surface area contributed by atoms with Crippen LogP contribution in [0.15, 0.2) is 29.3 Å². The van der Waals surface area contributed by atoms with Crippen molar-refractivity contribution in [3.05, 3.63) is 40.4 Å². The van der Waals surface area contributed by atoms with Gasteiger partial charge in [0.25, 0.3) is 5.56 Å². The zero-order valence-electron chi connectivity index (χ0n) is 17.0. The van der Waals surface area contributed by atoms with Crippen molar-refractivity contribution in [2.45, 2.75) is 39.8 Å². The number of aryl methyl sites for hydroxylation is 2. The van der Waals surface area contributed by atoms with Crippen molar-refractivity contribution in [2.75, 3.05) is 32.8 Å². The van der Waals surface area contributed by atoms with Gasteiger partial charge in [-0.1, -0.05) is 26.0 Å². The van der Waals surface area contributed by atoms with Gasteiger partial charge < -0.3 is 10.1 Å². The molecule has 1 aromatic carbocycles. The lowest BCUT2D eigenvalue weighted by molar-refractivity contribution is -0.121. The number of carbonyl (C=O) groups excluding carboxylic acids is 1. The van der Waals surface area contributed by atoms with Crippen molar-refractivity contribution in [2.24, 2.45) is 5.92 Å². The minimum atomic E-state index is -0.102. The molecule has 2 heterocycles. The van der Waals surface area contributed by atoms with Gasteiger partial charge in [-0.3, -0.25) is 19.1 Å². The maximum Gasteiger partial charge on any atom is 0.261 e. The van der Waals surface area contributed by atoms with E-state index in [1.54, 1.807) is 6.07 Å². The first-order valence-electron chi connectivity index (χ1n) is 10.0. The molecule has 1 atom stereocenters.